The Morgan fingerprint density at radius 1 is 0.931 bits per heavy atom. The molecule has 3 heteroatoms. The van der Waals surface area contributed by atoms with Crippen molar-refractivity contribution in [2.45, 2.75) is 46.1 Å². The third kappa shape index (κ3) is 5.48. The van der Waals surface area contributed by atoms with Crippen molar-refractivity contribution in [3.8, 4) is 0 Å². The van der Waals surface area contributed by atoms with Crippen LogP contribution in [0.4, 0.5) is 0 Å². The molecule has 0 heterocycles. The molecule has 0 saturated heterocycles. The molecule has 1 fully saturated rings. The molecule has 0 aliphatic heterocycles. The van der Waals surface area contributed by atoms with Gasteiger partial charge in [0.25, 0.3) is 0 Å². The van der Waals surface area contributed by atoms with Crippen LogP contribution in [0.25, 0.3) is 0 Å². The van der Waals surface area contributed by atoms with E-state index >= 15 is 0 Å². The van der Waals surface area contributed by atoms with Gasteiger partial charge in [0.2, 0.25) is 0 Å². The Bertz CT molecular complexity index is 706. The maximum Gasteiger partial charge on any atom is 0.0281 e. The van der Waals surface area contributed by atoms with Gasteiger partial charge in [-0.25, -0.2) is 0 Å². The molecule has 2 aromatic carbocycles. The van der Waals surface area contributed by atoms with Crippen LogP contribution in [0, 0.1) is 17.3 Å². The van der Waals surface area contributed by atoms with Gasteiger partial charge in [-0.3, -0.25) is 4.67 Å². The summed E-state index contributed by atoms with van der Waals surface area (Å²) in [6.07, 6.45) is 3.96. The monoisotopic (exact) mass is 410 g/mol. The van der Waals surface area contributed by atoms with Crippen LogP contribution in [0.5, 0.6) is 0 Å². The minimum Gasteiger partial charge on any atom is -0.309 e. The van der Waals surface area contributed by atoms with E-state index in [0.717, 1.165) is 11.8 Å². The summed E-state index contributed by atoms with van der Waals surface area (Å²) in [5.74, 6) is 1.47. The van der Waals surface area contributed by atoms with E-state index in [1.54, 1.807) is 0 Å². The van der Waals surface area contributed by atoms with Crippen molar-refractivity contribution in [2.75, 3.05) is 27.7 Å². The lowest BCUT2D eigenvalue weighted by molar-refractivity contribution is 0.0528. The van der Waals surface area contributed by atoms with E-state index in [9.17, 15) is 0 Å². The second kappa shape index (κ2) is 9.73. The second-order valence-electron chi connectivity index (χ2n) is 9.82. The molecule has 3 unspecified atom stereocenters. The van der Waals surface area contributed by atoms with Crippen LogP contribution in [-0.4, -0.2) is 43.3 Å². The molecule has 2 aromatic rings. The lowest BCUT2D eigenvalue weighted by Gasteiger charge is -2.50. The van der Waals surface area contributed by atoms with Crippen LogP contribution in [0.2, 0.25) is 0 Å². The van der Waals surface area contributed by atoms with Gasteiger partial charge in [0.05, 0.1) is 0 Å². The number of hydrogen-bond donors (Lipinski definition) is 0. The Morgan fingerprint density at radius 2 is 1.45 bits per heavy atom. The van der Waals surface area contributed by atoms with Crippen LogP contribution in [-0.2, 0) is 0 Å². The van der Waals surface area contributed by atoms with E-state index in [-0.39, 0.29) is 0 Å². The summed E-state index contributed by atoms with van der Waals surface area (Å²) < 4.78 is 2.76. The lowest BCUT2D eigenvalue weighted by Crippen LogP contribution is -2.49. The standard InChI is InChI=1S/C26H39N2P/c1-21(2)24-17-18-26(3,20-27(4)5)19-25(24)28(6)29(22-13-9-7-10-14-22)23-15-11-8-12-16-23/h7-16,21,24-25H,17-20H2,1-6H3. The Labute approximate surface area is 180 Å². The highest BCUT2D eigenvalue weighted by Crippen LogP contribution is 2.49. The average molecular weight is 411 g/mol. The molecule has 1 aliphatic rings. The van der Waals surface area contributed by atoms with Gasteiger partial charge in [-0.05, 0) is 68.3 Å². The molecule has 3 atom stereocenters. The fourth-order valence-electron chi connectivity index (χ4n) is 5.36. The first kappa shape index (κ1) is 22.5. The molecule has 0 amide bonds. The van der Waals surface area contributed by atoms with Gasteiger partial charge < -0.3 is 4.90 Å². The van der Waals surface area contributed by atoms with Crippen LogP contribution >= 0.6 is 8.07 Å². The molecule has 1 aliphatic carbocycles. The van der Waals surface area contributed by atoms with Crippen molar-refractivity contribution in [3.05, 3.63) is 60.7 Å². The third-order valence-corrected chi connectivity index (χ3v) is 9.13. The zero-order valence-corrected chi connectivity index (χ0v) is 20.1. The van der Waals surface area contributed by atoms with E-state index in [0.29, 0.717) is 11.5 Å². The first-order chi connectivity index (χ1) is 13.8. The molecule has 0 N–H and O–H groups in total. The van der Waals surface area contributed by atoms with Gasteiger partial charge in [0, 0.05) is 20.7 Å². The van der Waals surface area contributed by atoms with Gasteiger partial charge in [-0.15, -0.1) is 0 Å². The number of benzene rings is 2. The van der Waals surface area contributed by atoms with Crippen molar-refractivity contribution in [1.29, 1.82) is 0 Å². The summed E-state index contributed by atoms with van der Waals surface area (Å²) in [7, 11) is 6.31. The van der Waals surface area contributed by atoms with Gasteiger partial charge >= 0.3 is 0 Å². The molecule has 0 radical (unpaired) electrons. The minimum absolute atomic E-state index is 0.391. The van der Waals surface area contributed by atoms with Crippen LogP contribution in [0.3, 0.4) is 0 Å². The Morgan fingerprint density at radius 3 is 1.90 bits per heavy atom. The maximum absolute atomic E-state index is 2.76. The highest BCUT2D eigenvalue weighted by molar-refractivity contribution is 7.70. The SMILES string of the molecule is CC(C)C1CCC(C)(CN(C)C)CC1N(C)P(c1ccccc1)c1ccccc1. The van der Waals surface area contributed by atoms with Gasteiger partial charge in [0.15, 0.2) is 0 Å². The summed E-state index contributed by atoms with van der Waals surface area (Å²) in [5.41, 5.74) is 0.391. The van der Waals surface area contributed by atoms with E-state index in [1.807, 2.05) is 0 Å². The first-order valence-corrected chi connectivity index (χ1v) is 12.4. The fraction of sp³-hybridized carbons (Fsp3) is 0.538. The highest BCUT2D eigenvalue weighted by atomic mass is 31.1. The van der Waals surface area contributed by atoms with Crippen molar-refractivity contribution in [3.63, 3.8) is 0 Å². The Balaban J connectivity index is 1.98. The fourth-order valence-corrected chi connectivity index (χ4v) is 7.85. The lowest BCUT2D eigenvalue weighted by atomic mass is 9.66. The summed E-state index contributed by atoms with van der Waals surface area (Å²) >= 11 is 0. The second-order valence-corrected chi connectivity index (χ2v) is 12.1. The van der Waals surface area contributed by atoms with Crippen LogP contribution in [0.15, 0.2) is 60.7 Å². The van der Waals surface area contributed by atoms with E-state index in [4.69, 9.17) is 0 Å². The molecule has 0 spiro atoms. The Hall–Kier alpha value is -1.21. The quantitative estimate of drug-likeness (QED) is 0.567. The summed E-state index contributed by atoms with van der Waals surface area (Å²) in [6, 6.07) is 22.9. The largest absolute Gasteiger partial charge is 0.309 e. The zero-order chi connectivity index (χ0) is 21.0. The number of hydrogen-bond acceptors (Lipinski definition) is 2. The topological polar surface area (TPSA) is 6.48 Å². The van der Waals surface area contributed by atoms with Gasteiger partial charge in [-0.2, -0.15) is 0 Å². The normalized spacial score (nSPS) is 25.3. The van der Waals surface area contributed by atoms with Crippen LogP contribution in [0.1, 0.15) is 40.0 Å². The molecule has 29 heavy (non-hydrogen) atoms. The average Bonchev–Trinajstić information content (AvgIpc) is 2.68. The van der Waals surface area contributed by atoms with Crippen molar-refractivity contribution in [1.82, 2.24) is 9.57 Å². The van der Waals surface area contributed by atoms with E-state index in [1.165, 1.54) is 36.4 Å². The van der Waals surface area contributed by atoms with Crippen molar-refractivity contribution in [2.24, 2.45) is 17.3 Å². The van der Waals surface area contributed by atoms with Gasteiger partial charge in [0.1, 0.15) is 0 Å². The molecule has 0 bridgehead atoms. The van der Waals surface area contributed by atoms with Crippen molar-refractivity contribution < 1.29 is 0 Å². The third-order valence-electron chi connectivity index (χ3n) is 6.63. The van der Waals surface area contributed by atoms with Crippen molar-refractivity contribution >= 4 is 18.7 Å². The maximum atomic E-state index is 2.76. The smallest absolute Gasteiger partial charge is 0.0281 e. The summed E-state index contributed by atoms with van der Waals surface area (Å²) in [5, 5.41) is 2.91. The van der Waals surface area contributed by atoms with Gasteiger partial charge in [-0.1, -0.05) is 81.4 Å². The first-order valence-electron chi connectivity index (χ1n) is 11.1. The molecule has 0 aromatic heterocycles. The zero-order valence-electron chi connectivity index (χ0n) is 19.2. The Kier molecular flexibility index (Phi) is 7.54. The molecular formula is C26H39N2P. The predicted molar refractivity (Wildman–Crippen MR) is 129 cm³/mol. The number of nitrogens with zero attached hydrogens (tertiary/aromatic N) is 2. The molecule has 3 rings (SSSR count). The molecular weight excluding hydrogens is 371 g/mol. The van der Waals surface area contributed by atoms with E-state index < -0.39 is 8.07 Å². The summed E-state index contributed by atoms with van der Waals surface area (Å²) in [6.45, 7) is 8.54. The molecule has 2 nitrogen and oxygen atoms in total. The predicted octanol–water partition coefficient (Wildman–Crippen LogP) is 5.36. The molecule has 158 valence electrons. The van der Waals surface area contributed by atoms with E-state index in [2.05, 4.69) is 112 Å². The molecule has 1 saturated carbocycles. The minimum atomic E-state index is -0.528. The highest BCUT2D eigenvalue weighted by Gasteiger charge is 2.42. The van der Waals surface area contributed by atoms with Crippen LogP contribution < -0.4 is 10.6 Å². The summed E-state index contributed by atoms with van der Waals surface area (Å²) in [4.78, 5) is 2.38. The number of rotatable bonds is 7.